The molecule has 6 heteroatoms. The molecule has 102 valence electrons. The molecule has 0 aliphatic carbocycles. The average Bonchev–Trinajstić information content (AvgIpc) is 2.79. The topological polar surface area (TPSA) is 73.2 Å². The zero-order chi connectivity index (χ0) is 14.0. The minimum absolute atomic E-state index is 0.403. The lowest BCUT2D eigenvalue weighted by molar-refractivity contribution is 0.355. The molecule has 0 aliphatic rings. The van der Waals surface area contributed by atoms with Crippen LogP contribution >= 0.6 is 15.9 Å². The molecule has 0 bridgehead atoms. The highest BCUT2D eigenvalue weighted by molar-refractivity contribution is 9.10. The Labute approximate surface area is 120 Å². The Kier molecular flexibility index (Phi) is 4.11. The molecule has 2 rings (SSSR count). The Hall–Kier alpha value is -1.53. The van der Waals surface area contributed by atoms with Crippen molar-refractivity contribution >= 4 is 15.9 Å². The molecule has 1 heterocycles. The third-order valence-corrected chi connectivity index (χ3v) is 3.82. The van der Waals surface area contributed by atoms with Crippen molar-refractivity contribution < 1.29 is 9.47 Å². The van der Waals surface area contributed by atoms with E-state index in [1.165, 1.54) is 0 Å². The normalized spacial score (nSPS) is 10.6. The number of nitrogens with one attached hydrogen (secondary N) is 1. The Balaban J connectivity index is 2.58. The number of nitrogens with zero attached hydrogens (tertiary/aromatic N) is 1. The summed E-state index contributed by atoms with van der Waals surface area (Å²) in [4.78, 5) is 0. The maximum Gasteiger partial charge on any atom is 0.161 e. The van der Waals surface area contributed by atoms with Crippen molar-refractivity contribution in [1.29, 1.82) is 0 Å². The number of aryl methyl sites for hydroxylation is 1. The fourth-order valence-corrected chi connectivity index (χ4v) is 2.47. The second kappa shape index (κ2) is 5.63. The van der Waals surface area contributed by atoms with Gasteiger partial charge in [-0.3, -0.25) is 5.10 Å². The molecular formula is C13H16BrN3O2. The first-order valence-electron chi connectivity index (χ1n) is 5.78. The molecule has 0 saturated carbocycles. The van der Waals surface area contributed by atoms with Gasteiger partial charge in [-0.15, -0.1) is 0 Å². The highest BCUT2D eigenvalue weighted by Gasteiger charge is 2.16. The van der Waals surface area contributed by atoms with Crippen LogP contribution in [0.1, 0.15) is 11.3 Å². The number of H-pyrrole nitrogens is 1. The first-order valence-corrected chi connectivity index (χ1v) is 6.57. The van der Waals surface area contributed by atoms with Gasteiger partial charge in [0.15, 0.2) is 11.5 Å². The second-order valence-electron chi connectivity index (χ2n) is 4.09. The highest BCUT2D eigenvalue weighted by atomic mass is 79.9. The summed E-state index contributed by atoms with van der Waals surface area (Å²) in [5, 5.41) is 7.22. The van der Waals surface area contributed by atoms with E-state index >= 15 is 0 Å². The number of aromatic nitrogens is 2. The summed E-state index contributed by atoms with van der Waals surface area (Å²) in [6.45, 7) is 2.40. The number of hydrogen-bond acceptors (Lipinski definition) is 4. The van der Waals surface area contributed by atoms with E-state index in [2.05, 4.69) is 26.1 Å². The van der Waals surface area contributed by atoms with Gasteiger partial charge >= 0.3 is 0 Å². The molecule has 0 spiro atoms. The van der Waals surface area contributed by atoms with Gasteiger partial charge in [0.1, 0.15) is 5.69 Å². The molecule has 0 radical (unpaired) electrons. The van der Waals surface area contributed by atoms with Gasteiger partial charge < -0.3 is 15.2 Å². The van der Waals surface area contributed by atoms with Crippen molar-refractivity contribution in [2.45, 2.75) is 13.5 Å². The summed E-state index contributed by atoms with van der Waals surface area (Å²) in [6, 6.07) is 3.84. The maximum absolute atomic E-state index is 5.64. The van der Waals surface area contributed by atoms with Crippen molar-refractivity contribution in [3.8, 4) is 22.8 Å². The van der Waals surface area contributed by atoms with Gasteiger partial charge in [-0.2, -0.15) is 5.10 Å². The molecule has 1 aromatic carbocycles. The van der Waals surface area contributed by atoms with E-state index in [1.54, 1.807) is 14.2 Å². The predicted octanol–water partition coefficient (Wildman–Crippen LogP) is 2.62. The molecule has 3 N–H and O–H groups in total. The average molecular weight is 326 g/mol. The summed E-state index contributed by atoms with van der Waals surface area (Å²) in [7, 11) is 3.23. The first kappa shape index (κ1) is 13.9. The van der Waals surface area contributed by atoms with Crippen LogP contribution in [0.15, 0.2) is 16.6 Å². The van der Waals surface area contributed by atoms with Crippen LogP contribution in [0.5, 0.6) is 11.5 Å². The molecule has 19 heavy (non-hydrogen) atoms. The first-order chi connectivity index (χ1) is 9.12. The van der Waals surface area contributed by atoms with Gasteiger partial charge in [0.2, 0.25) is 0 Å². The number of aromatic amines is 1. The monoisotopic (exact) mass is 325 g/mol. The smallest absolute Gasteiger partial charge is 0.161 e. The van der Waals surface area contributed by atoms with Gasteiger partial charge in [0.05, 0.1) is 24.4 Å². The molecule has 0 fully saturated rings. The third-order valence-electron chi connectivity index (χ3n) is 2.97. The number of hydrogen-bond donors (Lipinski definition) is 2. The van der Waals surface area contributed by atoms with E-state index in [0.29, 0.717) is 18.0 Å². The Morgan fingerprint density at radius 2 is 1.89 bits per heavy atom. The summed E-state index contributed by atoms with van der Waals surface area (Å²) in [5.74, 6) is 1.38. The van der Waals surface area contributed by atoms with Crippen LogP contribution in [0.4, 0.5) is 0 Å². The zero-order valence-corrected chi connectivity index (χ0v) is 12.7. The van der Waals surface area contributed by atoms with Crippen LogP contribution in [0.25, 0.3) is 11.3 Å². The number of halogens is 1. The summed E-state index contributed by atoms with van der Waals surface area (Å²) in [5.41, 5.74) is 9.34. The maximum atomic E-state index is 5.64. The van der Waals surface area contributed by atoms with Gasteiger partial charge in [-0.1, -0.05) is 0 Å². The van der Waals surface area contributed by atoms with Crippen LogP contribution in [0.3, 0.4) is 0 Å². The Bertz CT molecular complexity index is 596. The zero-order valence-electron chi connectivity index (χ0n) is 11.1. The van der Waals surface area contributed by atoms with Crippen molar-refractivity contribution in [3.63, 3.8) is 0 Å². The molecule has 5 nitrogen and oxygen atoms in total. The molecule has 0 atom stereocenters. The van der Waals surface area contributed by atoms with Gasteiger partial charge in [-0.05, 0) is 40.5 Å². The SMILES string of the molecule is COc1cc(C)c(-c2n[nH]c(CN)c2Br)cc1OC. The van der Waals surface area contributed by atoms with Gasteiger partial charge in [-0.25, -0.2) is 0 Å². The minimum Gasteiger partial charge on any atom is -0.493 e. The quantitative estimate of drug-likeness (QED) is 0.906. The number of nitrogens with two attached hydrogens (primary N) is 1. The lowest BCUT2D eigenvalue weighted by Gasteiger charge is -2.11. The molecule has 2 aromatic rings. The van der Waals surface area contributed by atoms with E-state index in [1.807, 2.05) is 19.1 Å². The fraction of sp³-hybridized carbons (Fsp3) is 0.308. The number of ether oxygens (including phenoxy) is 2. The lowest BCUT2D eigenvalue weighted by Crippen LogP contribution is -1.97. The van der Waals surface area contributed by atoms with E-state index in [-0.39, 0.29) is 0 Å². The van der Waals surface area contributed by atoms with Crippen molar-refractivity contribution in [2.24, 2.45) is 5.73 Å². The summed E-state index contributed by atoms with van der Waals surface area (Å²) >= 11 is 3.52. The van der Waals surface area contributed by atoms with Gasteiger partial charge in [0.25, 0.3) is 0 Å². The molecular weight excluding hydrogens is 310 g/mol. The van der Waals surface area contributed by atoms with E-state index in [4.69, 9.17) is 15.2 Å². The lowest BCUT2D eigenvalue weighted by atomic mass is 10.0. The van der Waals surface area contributed by atoms with Crippen molar-refractivity contribution in [3.05, 3.63) is 27.9 Å². The molecule has 0 aliphatic heterocycles. The van der Waals surface area contributed by atoms with E-state index < -0.39 is 0 Å². The third kappa shape index (κ3) is 2.46. The highest BCUT2D eigenvalue weighted by Crippen LogP contribution is 2.37. The Morgan fingerprint density at radius 3 is 2.42 bits per heavy atom. The molecule has 0 unspecified atom stereocenters. The fourth-order valence-electron chi connectivity index (χ4n) is 1.91. The minimum atomic E-state index is 0.403. The standard InChI is InChI=1S/C13H16BrN3O2/c1-7-4-10(18-2)11(19-3)5-8(7)13-12(14)9(6-15)16-17-13/h4-5H,6,15H2,1-3H3,(H,16,17). The van der Waals surface area contributed by atoms with Crippen LogP contribution in [-0.2, 0) is 6.54 Å². The summed E-state index contributed by atoms with van der Waals surface area (Å²) < 4.78 is 11.5. The number of methoxy groups -OCH3 is 2. The van der Waals surface area contributed by atoms with Crippen LogP contribution in [0.2, 0.25) is 0 Å². The van der Waals surface area contributed by atoms with E-state index in [0.717, 1.165) is 27.0 Å². The van der Waals surface area contributed by atoms with Crippen LogP contribution in [0, 0.1) is 6.92 Å². The number of rotatable bonds is 4. The second-order valence-corrected chi connectivity index (χ2v) is 4.88. The van der Waals surface area contributed by atoms with Crippen LogP contribution in [-0.4, -0.2) is 24.4 Å². The molecule has 0 amide bonds. The Morgan fingerprint density at radius 1 is 1.26 bits per heavy atom. The molecule has 1 aromatic heterocycles. The van der Waals surface area contributed by atoms with E-state index in [9.17, 15) is 0 Å². The largest absolute Gasteiger partial charge is 0.493 e. The van der Waals surface area contributed by atoms with Crippen molar-refractivity contribution in [2.75, 3.05) is 14.2 Å². The van der Waals surface area contributed by atoms with Gasteiger partial charge in [0, 0.05) is 12.1 Å². The summed E-state index contributed by atoms with van der Waals surface area (Å²) in [6.07, 6.45) is 0. The van der Waals surface area contributed by atoms with Crippen molar-refractivity contribution in [1.82, 2.24) is 10.2 Å². The number of benzene rings is 1. The molecule has 0 saturated heterocycles. The predicted molar refractivity (Wildman–Crippen MR) is 77.5 cm³/mol. The van der Waals surface area contributed by atoms with Crippen LogP contribution < -0.4 is 15.2 Å².